The molecule has 216 valence electrons. The van der Waals surface area contributed by atoms with Crippen molar-refractivity contribution in [3.05, 3.63) is 65.2 Å². The number of carbonyl (C=O) groups excluding carboxylic acids is 2. The van der Waals surface area contributed by atoms with Gasteiger partial charge in [0.2, 0.25) is 0 Å². The first-order valence-corrected chi connectivity index (χ1v) is 13.8. The quantitative estimate of drug-likeness (QED) is 0.174. The smallest absolute Gasteiger partial charge is 0.274 e. The molecule has 3 fully saturated rings. The Balaban J connectivity index is 1.24. The Morgan fingerprint density at radius 2 is 1.77 bits per heavy atom. The number of hydroxylamine groups is 1. The Hall–Kier alpha value is -3.10. The van der Waals surface area contributed by atoms with Gasteiger partial charge in [0.1, 0.15) is 5.75 Å². The summed E-state index contributed by atoms with van der Waals surface area (Å²) in [6.07, 6.45) is 3.14. The minimum Gasteiger partial charge on any atom is -0.471 e. The minimum atomic E-state index is -0.666. The minimum absolute atomic E-state index is 0.0719. The largest absolute Gasteiger partial charge is 0.471 e. The summed E-state index contributed by atoms with van der Waals surface area (Å²) in [5, 5.41) is 22.5. The van der Waals surface area contributed by atoms with Gasteiger partial charge in [-0.2, -0.15) is 0 Å². The van der Waals surface area contributed by atoms with Gasteiger partial charge in [-0.25, -0.2) is 5.48 Å². The molecule has 12 heteroatoms. The van der Waals surface area contributed by atoms with Crippen LogP contribution in [0.5, 0.6) is 5.75 Å². The van der Waals surface area contributed by atoms with Crippen molar-refractivity contribution in [3.63, 3.8) is 0 Å². The molecule has 0 aliphatic carbocycles. The fourth-order valence-corrected chi connectivity index (χ4v) is 6.03. The molecule has 12 nitrogen and oxygen atoms in total. The van der Waals surface area contributed by atoms with Crippen molar-refractivity contribution in [3.8, 4) is 5.75 Å². The van der Waals surface area contributed by atoms with E-state index in [9.17, 15) is 9.59 Å². The zero-order valence-corrected chi connectivity index (χ0v) is 22.5. The van der Waals surface area contributed by atoms with Crippen molar-refractivity contribution in [1.29, 1.82) is 0 Å². The summed E-state index contributed by atoms with van der Waals surface area (Å²) < 4.78 is 6.86. The number of hydrogen-bond acceptors (Lipinski definition) is 10. The third-order valence-electron chi connectivity index (χ3n) is 8.14. The molecule has 2 atom stereocenters. The number of carbonyl (C=O) groups is 2. The van der Waals surface area contributed by atoms with Gasteiger partial charge in [-0.05, 0) is 68.2 Å². The van der Waals surface area contributed by atoms with Gasteiger partial charge < -0.3 is 20.7 Å². The molecule has 0 radical (unpaired) electrons. The summed E-state index contributed by atoms with van der Waals surface area (Å²) in [4.78, 5) is 35.4. The van der Waals surface area contributed by atoms with E-state index in [-0.39, 0.29) is 23.0 Å². The summed E-state index contributed by atoms with van der Waals surface area (Å²) >= 11 is 0. The van der Waals surface area contributed by atoms with Crippen molar-refractivity contribution in [1.82, 2.24) is 32.4 Å². The summed E-state index contributed by atoms with van der Waals surface area (Å²) in [5.74, 6) is -0.190. The second-order valence-electron chi connectivity index (χ2n) is 10.4. The predicted molar refractivity (Wildman–Crippen MR) is 146 cm³/mol. The maximum absolute atomic E-state index is 12.6. The van der Waals surface area contributed by atoms with Crippen molar-refractivity contribution < 1.29 is 29.2 Å². The average Bonchev–Trinajstić information content (AvgIpc) is 3.02. The van der Waals surface area contributed by atoms with Crippen molar-refractivity contribution in [2.24, 2.45) is 5.41 Å². The molecular formula is C28H38N6O6. The lowest BCUT2D eigenvalue weighted by Gasteiger charge is -2.57. The second-order valence-corrected chi connectivity index (χ2v) is 10.4. The van der Waals surface area contributed by atoms with E-state index in [1.54, 1.807) is 17.6 Å². The lowest BCUT2D eigenvalue weighted by atomic mass is 9.64. The van der Waals surface area contributed by atoms with Crippen LogP contribution in [0, 0.1) is 5.41 Å². The highest BCUT2D eigenvalue weighted by atomic mass is 16.9. The van der Waals surface area contributed by atoms with Crippen LogP contribution in [0.1, 0.15) is 45.5 Å². The molecule has 2 amide bonds. The van der Waals surface area contributed by atoms with Crippen molar-refractivity contribution in [2.75, 3.05) is 45.9 Å². The SMILES string of the molecule is O=C(NO)c1cccc(C(=O)NCCc2ccc(OC3(C4(C5CCONO5)CCNCC4)CNCCN3)cc2)c1. The first-order chi connectivity index (χ1) is 19.6. The van der Waals surface area contributed by atoms with Crippen LogP contribution in [0.3, 0.4) is 0 Å². The van der Waals surface area contributed by atoms with Gasteiger partial charge >= 0.3 is 0 Å². The van der Waals surface area contributed by atoms with Gasteiger partial charge in [0.25, 0.3) is 11.8 Å². The molecule has 0 aromatic heterocycles. The van der Waals surface area contributed by atoms with E-state index in [1.807, 2.05) is 24.3 Å². The van der Waals surface area contributed by atoms with Crippen LogP contribution >= 0.6 is 0 Å². The van der Waals surface area contributed by atoms with E-state index < -0.39 is 11.6 Å². The number of benzene rings is 2. The first kappa shape index (κ1) is 28.4. The number of piperazine rings is 1. The normalized spacial score (nSPS) is 24.6. The summed E-state index contributed by atoms with van der Waals surface area (Å²) in [7, 11) is 0. The number of amides is 2. The van der Waals surface area contributed by atoms with Gasteiger partial charge in [-0.3, -0.25) is 29.8 Å². The van der Waals surface area contributed by atoms with Gasteiger partial charge in [-0.15, -0.1) is 0 Å². The highest BCUT2D eigenvalue weighted by Crippen LogP contribution is 2.47. The molecule has 7 N–H and O–H groups in total. The summed E-state index contributed by atoms with van der Waals surface area (Å²) in [6, 6.07) is 14.2. The molecule has 3 aliphatic rings. The fourth-order valence-electron chi connectivity index (χ4n) is 6.03. The summed E-state index contributed by atoms with van der Waals surface area (Å²) in [5.41, 5.74) is 4.90. The van der Waals surface area contributed by atoms with E-state index in [2.05, 4.69) is 26.9 Å². The number of piperidine rings is 1. The highest BCUT2D eigenvalue weighted by Gasteiger charge is 2.59. The number of rotatable bonds is 9. The Morgan fingerprint density at radius 3 is 2.45 bits per heavy atom. The van der Waals surface area contributed by atoms with Gasteiger partial charge in [-0.1, -0.05) is 23.8 Å². The van der Waals surface area contributed by atoms with Crippen molar-refractivity contribution in [2.45, 2.75) is 37.5 Å². The van der Waals surface area contributed by atoms with Gasteiger partial charge in [0, 0.05) is 37.2 Å². The third-order valence-corrected chi connectivity index (χ3v) is 8.14. The van der Waals surface area contributed by atoms with E-state index in [0.29, 0.717) is 31.7 Å². The maximum Gasteiger partial charge on any atom is 0.274 e. The van der Waals surface area contributed by atoms with Crippen LogP contribution in [0.15, 0.2) is 48.5 Å². The average molecular weight is 555 g/mol. The molecule has 3 saturated heterocycles. The Morgan fingerprint density at radius 1 is 1.00 bits per heavy atom. The standard InChI is InChI=1S/C28H38N6O6/c35-25(21-2-1-3-22(18-21)26(36)33-37)31-12-8-20-4-6-23(7-5-20)39-28(19-30-15-16-32-28)27(10-13-29-14-11-27)24-9-17-38-34-40-24/h1-7,18,24,29-30,32,34,37H,8-17,19H2,(H,31,35)(H,33,36). The van der Waals surface area contributed by atoms with Crippen LogP contribution in [0.4, 0.5) is 0 Å². The Bertz CT molecular complexity index is 1140. The maximum atomic E-state index is 12.6. The van der Waals surface area contributed by atoms with Gasteiger partial charge in [0.15, 0.2) is 5.72 Å². The van der Waals surface area contributed by atoms with Crippen molar-refractivity contribution >= 4 is 11.8 Å². The number of nitrogens with one attached hydrogen (secondary N) is 6. The lowest BCUT2D eigenvalue weighted by Crippen LogP contribution is -2.75. The van der Waals surface area contributed by atoms with E-state index in [4.69, 9.17) is 19.6 Å². The van der Waals surface area contributed by atoms with Crippen LogP contribution in [0.2, 0.25) is 0 Å². The van der Waals surface area contributed by atoms with E-state index in [0.717, 1.165) is 56.8 Å². The molecule has 2 unspecified atom stereocenters. The lowest BCUT2D eigenvalue weighted by molar-refractivity contribution is -0.293. The molecular weight excluding hydrogens is 516 g/mol. The summed E-state index contributed by atoms with van der Waals surface area (Å²) in [6.45, 7) is 5.09. The van der Waals surface area contributed by atoms with Gasteiger partial charge in [0.05, 0.1) is 24.7 Å². The molecule has 0 spiro atoms. The molecule has 0 bridgehead atoms. The molecule has 3 heterocycles. The topological polar surface area (TPSA) is 154 Å². The molecule has 2 aromatic carbocycles. The predicted octanol–water partition coefficient (Wildman–Crippen LogP) is 0.641. The first-order valence-electron chi connectivity index (χ1n) is 13.8. The zero-order chi connectivity index (χ0) is 27.8. The number of hydrogen-bond donors (Lipinski definition) is 7. The highest BCUT2D eigenvalue weighted by molar-refractivity contribution is 5.99. The zero-order valence-electron chi connectivity index (χ0n) is 22.5. The molecule has 40 heavy (non-hydrogen) atoms. The van der Waals surface area contributed by atoms with E-state index >= 15 is 0 Å². The Kier molecular flexibility index (Phi) is 9.27. The van der Waals surface area contributed by atoms with Crippen LogP contribution < -0.4 is 37.1 Å². The molecule has 5 rings (SSSR count). The van der Waals surface area contributed by atoms with E-state index in [1.165, 1.54) is 12.1 Å². The van der Waals surface area contributed by atoms with Crippen LogP contribution in [-0.4, -0.2) is 74.7 Å². The third kappa shape index (κ3) is 6.13. The Labute approximate surface area is 233 Å². The molecule has 0 saturated carbocycles. The monoisotopic (exact) mass is 554 g/mol. The van der Waals surface area contributed by atoms with Crippen LogP contribution in [-0.2, 0) is 16.1 Å². The fraction of sp³-hybridized carbons (Fsp3) is 0.500. The number of ether oxygens (including phenoxy) is 1. The molecule has 2 aromatic rings. The molecule has 3 aliphatic heterocycles. The second kappa shape index (κ2) is 13.0. The van der Waals surface area contributed by atoms with Crippen LogP contribution in [0.25, 0.3) is 0 Å².